The van der Waals surface area contributed by atoms with Crippen molar-refractivity contribution in [3.8, 4) is 5.88 Å². The van der Waals surface area contributed by atoms with Crippen LogP contribution in [0.4, 0.5) is 4.39 Å². The molecule has 1 atom stereocenters. The minimum atomic E-state index is -0.702. The van der Waals surface area contributed by atoms with Crippen molar-refractivity contribution in [1.82, 2.24) is 29.2 Å². The molecule has 2 aliphatic rings. The molecule has 246 valence electrons. The van der Waals surface area contributed by atoms with E-state index in [1.165, 1.54) is 13.2 Å². The Morgan fingerprint density at radius 3 is 2.68 bits per heavy atom. The lowest BCUT2D eigenvalue weighted by Gasteiger charge is -2.32. The standard InChI is InChI=1S/C35H39FN6O5/c1-44-17-15-42-30-18-23(6-7-25(30)19-37-42)22-47-32-5-3-4-28(39-32)24-10-13-40(14-11-24)21-31-38-29-9-8-27(35(43)45-2)33(36)34(29)41(31)20-26-12-16-46-26/h3-9,18-19,24,26H,10-17,20-22H2,1-2H3/t26-/m0/s1. The van der Waals surface area contributed by atoms with E-state index in [1.54, 1.807) is 13.2 Å². The van der Waals surface area contributed by atoms with E-state index in [2.05, 4.69) is 34.3 Å². The first kappa shape index (κ1) is 31.2. The minimum Gasteiger partial charge on any atom is -0.473 e. The summed E-state index contributed by atoms with van der Waals surface area (Å²) in [6.45, 7) is 5.18. The maximum atomic E-state index is 15.6. The van der Waals surface area contributed by atoms with Gasteiger partial charge >= 0.3 is 5.97 Å². The third kappa shape index (κ3) is 6.58. The van der Waals surface area contributed by atoms with Gasteiger partial charge in [-0.05, 0) is 62.2 Å². The zero-order valence-electron chi connectivity index (χ0n) is 26.7. The van der Waals surface area contributed by atoms with Gasteiger partial charge in [0.25, 0.3) is 0 Å². The number of nitrogens with zero attached hydrogens (tertiary/aromatic N) is 6. The fourth-order valence-electron chi connectivity index (χ4n) is 6.49. The molecule has 7 rings (SSSR count). The molecule has 0 unspecified atom stereocenters. The number of rotatable bonds is 12. The molecule has 2 saturated heterocycles. The van der Waals surface area contributed by atoms with Gasteiger partial charge in [0.2, 0.25) is 5.88 Å². The van der Waals surface area contributed by atoms with Gasteiger partial charge in [0.1, 0.15) is 17.9 Å². The van der Waals surface area contributed by atoms with E-state index >= 15 is 4.39 Å². The maximum Gasteiger partial charge on any atom is 0.340 e. The van der Waals surface area contributed by atoms with Crippen LogP contribution in [-0.2, 0) is 40.5 Å². The van der Waals surface area contributed by atoms with Crippen molar-refractivity contribution in [3.63, 3.8) is 0 Å². The molecule has 12 heteroatoms. The molecule has 5 heterocycles. The number of piperidine rings is 1. The first-order chi connectivity index (χ1) is 23.0. The first-order valence-corrected chi connectivity index (χ1v) is 16.1. The second kappa shape index (κ2) is 13.8. The summed E-state index contributed by atoms with van der Waals surface area (Å²) in [5.74, 6) is 0.380. The number of imidazole rings is 1. The number of hydrogen-bond acceptors (Lipinski definition) is 9. The number of fused-ring (bicyclic) bond motifs is 2. The highest BCUT2D eigenvalue weighted by Crippen LogP contribution is 2.31. The lowest BCUT2D eigenvalue weighted by Crippen LogP contribution is -2.35. The lowest BCUT2D eigenvalue weighted by molar-refractivity contribution is -0.0592. The summed E-state index contributed by atoms with van der Waals surface area (Å²) >= 11 is 0. The smallest absolute Gasteiger partial charge is 0.340 e. The van der Waals surface area contributed by atoms with Crippen LogP contribution in [0.15, 0.2) is 54.7 Å². The normalized spacial score (nSPS) is 17.3. The van der Waals surface area contributed by atoms with Gasteiger partial charge in [0.15, 0.2) is 5.82 Å². The summed E-state index contributed by atoms with van der Waals surface area (Å²) < 4.78 is 41.3. The van der Waals surface area contributed by atoms with Crippen LogP contribution in [0.25, 0.3) is 21.9 Å². The molecular formula is C35H39FN6O5. The third-order valence-corrected chi connectivity index (χ3v) is 9.23. The SMILES string of the molecule is COCCn1ncc2ccc(COc3cccc(C4CCN(Cc5nc6ccc(C(=O)OC)c(F)c6n5C[C@@H]5CCO5)CC4)n3)cc21. The van der Waals surface area contributed by atoms with Crippen LogP contribution in [-0.4, -0.2) is 81.8 Å². The summed E-state index contributed by atoms with van der Waals surface area (Å²) in [6, 6.07) is 15.4. The van der Waals surface area contributed by atoms with E-state index in [-0.39, 0.29) is 11.7 Å². The van der Waals surface area contributed by atoms with Gasteiger partial charge in [-0.3, -0.25) is 9.58 Å². The summed E-state index contributed by atoms with van der Waals surface area (Å²) in [5, 5.41) is 5.55. The third-order valence-electron chi connectivity index (χ3n) is 9.23. The Kier molecular flexibility index (Phi) is 9.14. The molecule has 3 aromatic heterocycles. The number of pyridine rings is 1. The van der Waals surface area contributed by atoms with Crippen LogP contribution in [0.3, 0.4) is 0 Å². The zero-order valence-corrected chi connectivity index (χ0v) is 26.7. The van der Waals surface area contributed by atoms with Crippen LogP contribution in [0, 0.1) is 5.82 Å². The van der Waals surface area contributed by atoms with Crippen molar-refractivity contribution in [3.05, 3.63) is 83.2 Å². The van der Waals surface area contributed by atoms with Gasteiger partial charge < -0.3 is 23.5 Å². The van der Waals surface area contributed by atoms with Gasteiger partial charge in [-0.25, -0.2) is 19.2 Å². The van der Waals surface area contributed by atoms with E-state index in [4.69, 9.17) is 28.9 Å². The predicted octanol–water partition coefficient (Wildman–Crippen LogP) is 5.10. The van der Waals surface area contributed by atoms with Crippen LogP contribution < -0.4 is 4.74 Å². The predicted molar refractivity (Wildman–Crippen MR) is 173 cm³/mol. The number of benzene rings is 2. The van der Waals surface area contributed by atoms with Crippen molar-refractivity contribution >= 4 is 27.9 Å². The van der Waals surface area contributed by atoms with Crippen LogP contribution in [0.1, 0.15) is 52.6 Å². The Labute approximate surface area is 272 Å². The lowest BCUT2D eigenvalue weighted by atomic mass is 9.93. The molecule has 2 fully saturated rings. The quantitative estimate of drug-likeness (QED) is 0.172. The molecule has 0 spiro atoms. The average Bonchev–Trinajstić information content (AvgIpc) is 3.65. The molecule has 0 aliphatic carbocycles. The average molecular weight is 643 g/mol. The van der Waals surface area contributed by atoms with Crippen LogP contribution in [0.2, 0.25) is 0 Å². The van der Waals surface area contributed by atoms with E-state index < -0.39 is 11.8 Å². The van der Waals surface area contributed by atoms with Gasteiger partial charge in [-0.2, -0.15) is 5.10 Å². The Morgan fingerprint density at radius 2 is 1.91 bits per heavy atom. The Bertz CT molecular complexity index is 1880. The number of carbonyl (C=O) groups is 1. The van der Waals surface area contributed by atoms with E-state index in [9.17, 15) is 4.79 Å². The Balaban J connectivity index is 1.00. The second-order valence-electron chi connectivity index (χ2n) is 12.2. The fourth-order valence-corrected chi connectivity index (χ4v) is 6.49. The van der Waals surface area contributed by atoms with Crippen molar-refractivity contribution in [2.75, 3.05) is 40.5 Å². The molecule has 0 amide bonds. The molecule has 0 N–H and O–H groups in total. The number of aromatic nitrogens is 5. The van der Waals surface area contributed by atoms with Crippen molar-refractivity contribution < 1.29 is 28.1 Å². The molecular weight excluding hydrogens is 603 g/mol. The first-order valence-electron chi connectivity index (χ1n) is 16.1. The summed E-state index contributed by atoms with van der Waals surface area (Å²) in [4.78, 5) is 24.2. The number of esters is 1. The van der Waals surface area contributed by atoms with Crippen molar-refractivity contribution in [1.29, 1.82) is 0 Å². The Hall–Kier alpha value is -4.39. The zero-order chi connectivity index (χ0) is 32.3. The molecule has 11 nitrogen and oxygen atoms in total. The van der Waals surface area contributed by atoms with Crippen LogP contribution >= 0.6 is 0 Å². The minimum absolute atomic E-state index is 0.00550. The monoisotopic (exact) mass is 642 g/mol. The molecule has 2 aromatic carbocycles. The van der Waals surface area contributed by atoms with Crippen molar-refractivity contribution in [2.45, 2.75) is 57.5 Å². The van der Waals surface area contributed by atoms with Gasteiger partial charge in [0, 0.05) is 36.8 Å². The molecule has 0 radical (unpaired) electrons. The topological polar surface area (TPSA) is 106 Å². The molecule has 0 bridgehead atoms. The highest BCUT2D eigenvalue weighted by atomic mass is 19.1. The Morgan fingerprint density at radius 1 is 1.06 bits per heavy atom. The number of methoxy groups -OCH3 is 2. The summed E-state index contributed by atoms with van der Waals surface area (Å²) in [6.07, 6.45) is 4.66. The van der Waals surface area contributed by atoms with E-state index in [0.29, 0.717) is 62.3 Å². The summed E-state index contributed by atoms with van der Waals surface area (Å²) in [5.41, 5.74) is 3.89. The number of carbonyl (C=O) groups excluding carboxylic acids is 1. The number of ether oxygens (including phenoxy) is 4. The van der Waals surface area contributed by atoms with Gasteiger partial charge in [0.05, 0.1) is 62.2 Å². The molecule has 2 aliphatic heterocycles. The summed E-state index contributed by atoms with van der Waals surface area (Å²) in [7, 11) is 2.94. The molecule has 5 aromatic rings. The second-order valence-corrected chi connectivity index (χ2v) is 12.2. The number of hydrogen-bond donors (Lipinski definition) is 0. The van der Waals surface area contributed by atoms with Gasteiger partial charge in [-0.15, -0.1) is 0 Å². The number of likely N-dealkylation sites (tertiary alicyclic amines) is 1. The largest absolute Gasteiger partial charge is 0.473 e. The van der Waals surface area contributed by atoms with Crippen LogP contribution in [0.5, 0.6) is 5.88 Å². The molecule has 47 heavy (non-hydrogen) atoms. The fraction of sp³-hybridized carbons (Fsp3) is 0.429. The van der Waals surface area contributed by atoms with E-state index in [1.807, 2.05) is 27.6 Å². The van der Waals surface area contributed by atoms with E-state index in [0.717, 1.165) is 60.3 Å². The van der Waals surface area contributed by atoms with Gasteiger partial charge in [-0.1, -0.05) is 18.2 Å². The highest BCUT2D eigenvalue weighted by molar-refractivity contribution is 5.94. The van der Waals surface area contributed by atoms with Crippen molar-refractivity contribution in [2.24, 2.45) is 0 Å². The molecule has 0 saturated carbocycles. The highest BCUT2D eigenvalue weighted by Gasteiger charge is 2.28. The number of halogens is 1. The maximum absolute atomic E-state index is 15.6.